The average Bonchev–Trinajstić information content (AvgIpc) is 2.63. The molecule has 0 radical (unpaired) electrons. The van der Waals surface area contributed by atoms with E-state index in [1.54, 1.807) is 0 Å². The van der Waals surface area contributed by atoms with Crippen molar-refractivity contribution in [2.24, 2.45) is 0 Å². The summed E-state index contributed by atoms with van der Waals surface area (Å²) in [7, 11) is 0. The molecule has 0 aliphatic rings. The predicted octanol–water partition coefficient (Wildman–Crippen LogP) is 3.77. The first-order chi connectivity index (χ1) is 11.7. The minimum Gasteiger partial charge on any atom is -0.350 e. The van der Waals surface area contributed by atoms with Crippen LogP contribution < -0.4 is 5.32 Å². The van der Waals surface area contributed by atoms with Gasteiger partial charge in [-0.3, -0.25) is 4.79 Å². The number of nitrogens with one attached hydrogen (secondary N) is 1. The molecule has 120 valence electrons. The summed E-state index contributed by atoms with van der Waals surface area (Å²) in [6.07, 6.45) is 1.88. The van der Waals surface area contributed by atoms with Crippen molar-refractivity contribution >= 4 is 21.8 Å². The Labute approximate surface area is 149 Å². The van der Waals surface area contributed by atoms with Gasteiger partial charge in [-0.2, -0.15) is 0 Å². The number of aromatic nitrogens is 2. The molecule has 0 spiro atoms. The summed E-state index contributed by atoms with van der Waals surface area (Å²) in [5.74, 6) is -0.0304. The molecule has 0 unspecified atom stereocenters. The summed E-state index contributed by atoms with van der Waals surface area (Å²) in [6.45, 7) is 0.387. The van der Waals surface area contributed by atoms with Gasteiger partial charge in [-0.1, -0.05) is 58.4 Å². The topological polar surface area (TPSA) is 54.9 Å². The molecule has 3 rings (SSSR count). The van der Waals surface area contributed by atoms with Crippen LogP contribution in [0.4, 0.5) is 0 Å². The zero-order chi connectivity index (χ0) is 16.8. The highest BCUT2D eigenvalue weighted by atomic mass is 79.9. The molecule has 2 aromatic carbocycles. The van der Waals surface area contributed by atoms with Crippen LogP contribution in [0.1, 0.15) is 11.3 Å². The molecule has 4 nitrogen and oxygen atoms in total. The van der Waals surface area contributed by atoms with Gasteiger partial charge in [-0.15, -0.1) is 0 Å². The number of rotatable bonds is 5. The van der Waals surface area contributed by atoms with E-state index in [4.69, 9.17) is 0 Å². The Morgan fingerprint density at radius 2 is 1.75 bits per heavy atom. The summed E-state index contributed by atoms with van der Waals surface area (Å²) >= 11 is 3.38. The third kappa shape index (κ3) is 4.49. The van der Waals surface area contributed by atoms with Gasteiger partial charge in [-0.25, -0.2) is 9.97 Å². The molecule has 1 heterocycles. The summed E-state index contributed by atoms with van der Waals surface area (Å²) in [4.78, 5) is 20.6. The highest BCUT2D eigenvalue weighted by molar-refractivity contribution is 9.10. The summed E-state index contributed by atoms with van der Waals surface area (Å²) in [5, 5.41) is 2.90. The van der Waals surface area contributed by atoms with Gasteiger partial charge in [-0.05, 0) is 23.8 Å². The number of benzene rings is 2. The van der Waals surface area contributed by atoms with Gasteiger partial charge in [0.15, 0.2) is 0 Å². The van der Waals surface area contributed by atoms with Gasteiger partial charge in [0.1, 0.15) is 6.33 Å². The van der Waals surface area contributed by atoms with Crippen molar-refractivity contribution in [2.75, 3.05) is 0 Å². The van der Waals surface area contributed by atoms with Crippen LogP contribution in [-0.4, -0.2) is 15.9 Å². The van der Waals surface area contributed by atoms with Crippen LogP contribution in [0.25, 0.3) is 11.3 Å². The number of nitrogens with zero attached hydrogens (tertiary/aromatic N) is 2. The molecular formula is C19H16BrN3O. The number of halogens is 1. The predicted molar refractivity (Wildman–Crippen MR) is 97.2 cm³/mol. The van der Waals surface area contributed by atoms with E-state index in [0.29, 0.717) is 13.0 Å². The zero-order valence-corrected chi connectivity index (χ0v) is 14.5. The van der Waals surface area contributed by atoms with E-state index >= 15 is 0 Å². The fraction of sp³-hybridized carbons (Fsp3) is 0.105. The molecule has 24 heavy (non-hydrogen) atoms. The minimum absolute atomic E-state index is 0.0304. The maximum Gasteiger partial charge on any atom is 0.224 e. The largest absolute Gasteiger partial charge is 0.350 e. The third-order valence-electron chi connectivity index (χ3n) is 3.54. The molecule has 0 fully saturated rings. The van der Waals surface area contributed by atoms with E-state index in [1.807, 2.05) is 60.7 Å². The van der Waals surface area contributed by atoms with Gasteiger partial charge in [0.25, 0.3) is 0 Å². The van der Waals surface area contributed by atoms with Gasteiger partial charge < -0.3 is 5.32 Å². The van der Waals surface area contributed by atoms with Crippen LogP contribution in [0.15, 0.2) is 71.5 Å². The lowest BCUT2D eigenvalue weighted by Gasteiger charge is -2.07. The van der Waals surface area contributed by atoms with E-state index in [0.717, 1.165) is 27.0 Å². The zero-order valence-electron chi connectivity index (χ0n) is 12.9. The Kier molecular flexibility index (Phi) is 5.33. The molecule has 0 aliphatic carbocycles. The van der Waals surface area contributed by atoms with Gasteiger partial charge in [0, 0.05) is 10.0 Å². The monoisotopic (exact) mass is 381 g/mol. The molecular weight excluding hydrogens is 366 g/mol. The Hall–Kier alpha value is -2.53. The summed E-state index contributed by atoms with van der Waals surface area (Å²) in [5.41, 5.74) is 3.64. The van der Waals surface area contributed by atoms with E-state index in [1.165, 1.54) is 6.33 Å². The van der Waals surface area contributed by atoms with Gasteiger partial charge in [0.05, 0.1) is 24.4 Å². The highest BCUT2D eigenvalue weighted by Gasteiger charge is 2.06. The van der Waals surface area contributed by atoms with E-state index in [9.17, 15) is 4.79 Å². The second-order valence-corrected chi connectivity index (χ2v) is 6.26. The first-order valence-electron chi connectivity index (χ1n) is 7.58. The second-order valence-electron chi connectivity index (χ2n) is 5.34. The van der Waals surface area contributed by atoms with Crippen molar-refractivity contribution in [3.63, 3.8) is 0 Å². The van der Waals surface area contributed by atoms with Crippen LogP contribution >= 0.6 is 15.9 Å². The minimum atomic E-state index is -0.0304. The van der Waals surface area contributed by atoms with Crippen molar-refractivity contribution in [1.29, 1.82) is 0 Å². The fourth-order valence-corrected chi connectivity index (χ4v) is 2.56. The van der Waals surface area contributed by atoms with E-state index in [2.05, 4.69) is 31.2 Å². The lowest BCUT2D eigenvalue weighted by atomic mass is 10.1. The number of amides is 1. The fourth-order valence-electron chi connectivity index (χ4n) is 2.30. The number of hydrogen-bond acceptors (Lipinski definition) is 3. The van der Waals surface area contributed by atoms with E-state index < -0.39 is 0 Å². The van der Waals surface area contributed by atoms with Crippen molar-refractivity contribution < 1.29 is 4.79 Å². The van der Waals surface area contributed by atoms with Crippen LogP contribution in [-0.2, 0) is 17.8 Å². The first-order valence-corrected chi connectivity index (χ1v) is 8.37. The van der Waals surface area contributed by atoms with Crippen LogP contribution in [0.3, 0.4) is 0 Å². The Bertz CT molecular complexity index is 820. The third-order valence-corrected chi connectivity index (χ3v) is 4.07. The Morgan fingerprint density at radius 3 is 2.50 bits per heavy atom. The molecule has 0 aliphatic heterocycles. The molecule has 3 aromatic rings. The standard InChI is InChI=1S/C19H16BrN3O/c20-16-8-6-14(7-9-16)10-19(24)21-12-17-11-18(23-13-22-17)15-4-2-1-3-5-15/h1-9,11,13H,10,12H2,(H,21,24). The normalized spacial score (nSPS) is 10.4. The average molecular weight is 382 g/mol. The number of hydrogen-bond donors (Lipinski definition) is 1. The van der Waals surface area contributed by atoms with Gasteiger partial charge >= 0.3 is 0 Å². The van der Waals surface area contributed by atoms with Crippen LogP contribution in [0, 0.1) is 0 Å². The molecule has 0 saturated heterocycles. The summed E-state index contributed by atoms with van der Waals surface area (Å²) in [6, 6.07) is 19.5. The van der Waals surface area contributed by atoms with Crippen molar-refractivity contribution in [1.82, 2.24) is 15.3 Å². The maximum absolute atomic E-state index is 12.1. The Morgan fingerprint density at radius 1 is 1.00 bits per heavy atom. The lowest BCUT2D eigenvalue weighted by molar-refractivity contribution is -0.120. The van der Waals surface area contributed by atoms with Crippen molar-refractivity contribution in [3.8, 4) is 11.3 Å². The SMILES string of the molecule is O=C(Cc1ccc(Br)cc1)NCc1cc(-c2ccccc2)ncn1. The molecule has 1 amide bonds. The van der Waals surface area contributed by atoms with Crippen LogP contribution in [0.5, 0.6) is 0 Å². The molecule has 1 aromatic heterocycles. The first kappa shape index (κ1) is 16.3. The number of carbonyl (C=O) groups is 1. The smallest absolute Gasteiger partial charge is 0.224 e. The second kappa shape index (κ2) is 7.84. The van der Waals surface area contributed by atoms with Gasteiger partial charge in [0.2, 0.25) is 5.91 Å². The Balaban J connectivity index is 1.60. The molecule has 0 saturated carbocycles. The summed E-state index contributed by atoms with van der Waals surface area (Å²) < 4.78 is 1.00. The molecule has 0 atom stereocenters. The quantitative estimate of drug-likeness (QED) is 0.731. The van der Waals surface area contributed by atoms with Crippen LogP contribution in [0.2, 0.25) is 0 Å². The molecule has 0 bridgehead atoms. The highest BCUT2D eigenvalue weighted by Crippen LogP contribution is 2.16. The number of carbonyl (C=O) groups excluding carboxylic acids is 1. The maximum atomic E-state index is 12.1. The van der Waals surface area contributed by atoms with Crippen molar-refractivity contribution in [3.05, 3.63) is 82.7 Å². The van der Waals surface area contributed by atoms with E-state index in [-0.39, 0.29) is 5.91 Å². The molecule has 1 N–H and O–H groups in total. The lowest BCUT2D eigenvalue weighted by Crippen LogP contribution is -2.25. The molecule has 5 heteroatoms. The van der Waals surface area contributed by atoms with Crippen molar-refractivity contribution in [2.45, 2.75) is 13.0 Å².